The van der Waals surface area contributed by atoms with Crippen molar-refractivity contribution in [2.45, 2.75) is 82.1 Å². The fraction of sp³-hybridized carbons (Fsp3) is 0.545. The molecule has 2 saturated heterocycles. The highest BCUT2D eigenvalue weighted by Gasteiger charge is 2.52. The minimum Gasteiger partial charge on any atom is -0.632 e. The van der Waals surface area contributed by atoms with Gasteiger partial charge in [0.2, 0.25) is 12.1 Å². The van der Waals surface area contributed by atoms with E-state index in [1.54, 1.807) is 13.8 Å². The molecule has 0 aromatic heterocycles. The first kappa shape index (κ1) is 33.4. The van der Waals surface area contributed by atoms with Crippen LogP contribution in [0.3, 0.4) is 0 Å². The lowest BCUT2D eigenvalue weighted by molar-refractivity contribution is -0.926. The lowest BCUT2D eigenvalue weighted by atomic mass is 9.71. The number of methoxy groups -OCH3 is 2. The zero-order valence-electron chi connectivity index (χ0n) is 26.6. The number of nitrogens with zero attached hydrogens (tertiary/aromatic N) is 1. The molecule has 2 aliphatic heterocycles. The molecule has 47 heavy (non-hydrogen) atoms. The molecular weight excluding hydrogens is 618 g/mol. The van der Waals surface area contributed by atoms with Gasteiger partial charge in [-0.25, -0.2) is 0 Å². The van der Waals surface area contributed by atoms with Gasteiger partial charge in [-0.3, -0.25) is 14.4 Å². The quantitative estimate of drug-likeness (QED) is 0.163. The summed E-state index contributed by atoms with van der Waals surface area (Å²) in [5.41, 5.74) is -3.33. The fourth-order valence-electron chi connectivity index (χ4n) is 7.52. The number of phenols is 2. The van der Waals surface area contributed by atoms with Gasteiger partial charge < -0.3 is 54.0 Å². The number of fused-ring (bicyclic) bond motifs is 3. The lowest BCUT2D eigenvalue weighted by Crippen LogP contribution is -2.67. The molecule has 2 fully saturated rings. The predicted octanol–water partition coefficient (Wildman–Crippen LogP) is 1.78. The Hall–Kier alpha value is -3.47. The first-order valence-electron chi connectivity index (χ1n) is 15.6. The Bertz CT molecular complexity index is 1630. The standard InChI is InChI=1S/C33H39NO13/c1-5-21(35)33(41)12-17-25(32(40)27-26(30(17)38)29(37)16-7-6-8-19(43-3)24(16)31(27)39)20(13-33)47-22-11-18(28(36)15(2)46-22)34(42)9-10-45-23(14-34)44-4/h6-8,15,18,20,22-23,28,36,38,40-41H,5,9-14H2,1-4H3/t15-,18-,20-,22-,23-,28+,33-,34?/m0/s1. The molecule has 4 N–H and O–H groups in total. The van der Waals surface area contributed by atoms with Crippen LogP contribution in [0.4, 0.5) is 0 Å². The number of ketones is 3. The molecule has 2 aromatic rings. The van der Waals surface area contributed by atoms with Gasteiger partial charge in [0, 0.05) is 43.1 Å². The SMILES string of the molecule is CCC(=O)[C@]1(O)Cc2c(O)c3c(c(O)c2[C@@H](O[C@H]2C[C@H]([N+]4([O-])CCO[C@H](OC)C4)[C@H](O)[C@H](C)O2)C1)C(=O)c1c(OC)cccc1C3=O. The fourth-order valence-corrected chi connectivity index (χ4v) is 7.52. The molecule has 2 aromatic carbocycles. The van der Waals surface area contributed by atoms with E-state index in [2.05, 4.69) is 0 Å². The van der Waals surface area contributed by atoms with Gasteiger partial charge in [0.05, 0.1) is 49.0 Å². The van der Waals surface area contributed by atoms with Crippen molar-refractivity contribution in [1.29, 1.82) is 0 Å². The van der Waals surface area contributed by atoms with Crippen LogP contribution in [0.5, 0.6) is 17.2 Å². The van der Waals surface area contributed by atoms with Gasteiger partial charge >= 0.3 is 0 Å². The number of quaternary nitrogens is 1. The second-order valence-electron chi connectivity index (χ2n) is 12.7. The number of carbonyl (C=O) groups excluding carboxylic acids is 3. The van der Waals surface area contributed by atoms with Crippen LogP contribution in [-0.2, 0) is 30.2 Å². The first-order chi connectivity index (χ1) is 22.3. The number of carbonyl (C=O) groups is 3. The van der Waals surface area contributed by atoms with Gasteiger partial charge in [0.1, 0.15) is 48.1 Å². The van der Waals surface area contributed by atoms with E-state index >= 15 is 0 Å². The number of hydroxylamine groups is 3. The highest BCUT2D eigenvalue weighted by molar-refractivity contribution is 6.31. The van der Waals surface area contributed by atoms with Crippen LogP contribution >= 0.6 is 0 Å². The van der Waals surface area contributed by atoms with Gasteiger partial charge in [0.25, 0.3) is 0 Å². The summed E-state index contributed by atoms with van der Waals surface area (Å²) in [5, 5.41) is 60.1. The number of morpholine rings is 1. The molecule has 6 rings (SSSR count). The molecular formula is C33H39NO13. The third kappa shape index (κ3) is 5.33. The van der Waals surface area contributed by atoms with E-state index in [4.69, 9.17) is 23.7 Å². The summed E-state index contributed by atoms with van der Waals surface area (Å²) in [5.74, 6) is -3.30. The molecule has 14 nitrogen and oxygen atoms in total. The van der Waals surface area contributed by atoms with E-state index in [1.165, 1.54) is 32.4 Å². The summed E-state index contributed by atoms with van der Waals surface area (Å²) in [6, 6.07) is 3.48. The van der Waals surface area contributed by atoms with Crippen molar-refractivity contribution in [2.75, 3.05) is 33.9 Å². The van der Waals surface area contributed by atoms with Gasteiger partial charge in [-0.15, -0.1) is 0 Å². The van der Waals surface area contributed by atoms with E-state index < -0.39 is 93.6 Å². The van der Waals surface area contributed by atoms with E-state index in [0.717, 1.165) is 0 Å². The maximum absolute atomic E-state index is 14.0. The second kappa shape index (κ2) is 12.2. The minimum absolute atomic E-state index is 0.0392. The maximum atomic E-state index is 14.0. The van der Waals surface area contributed by atoms with Gasteiger partial charge in [0.15, 0.2) is 17.9 Å². The Morgan fingerprint density at radius 1 is 1.11 bits per heavy atom. The average Bonchev–Trinajstić information content (AvgIpc) is 3.05. The molecule has 14 heteroatoms. The van der Waals surface area contributed by atoms with Crippen LogP contribution in [0.1, 0.15) is 82.2 Å². The number of Topliss-reactive ketones (excluding diaryl/α,β-unsaturated/α-hetero) is 1. The molecule has 1 unspecified atom stereocenters. The smallest absolute Gasteiger partial charge is 0.207 e. The molecule has 0 saturated carbocycles. The lowest BCUT2D eigenvalue weighted by Gasteiger charge is -2.56. The van der Waals surface area contributed by atoms with E-state index in [9.17, 15) is 40.0 Å². The Morgan fingerprint density at radius 2 is 1.83 bits per heavy atom. The summed E-state index contributed by atoms with van der Waals surface area (Å²) in [6.45, 7) is 3.20. The monoisotopic (exact) mass is 657 g/mol. The average molecular weight is 658 g/mol. The molecule has 0 radical (unpaired) electrons. The first-order valence-corrected chi connectivity index (χ1v) is 15.6. The topological polar surface area (TPSA) is 201 Å². The summed E-state index contributed by atoms with van der Waals surface area (Å²) in [7, 11) is 2.75. The number of aromatic hydroxyl groups is 2. The number of aliphatic hydroxyl groups is 2. The molecule has 2 aliphatic carbocycles. The van der Waals surface area contributed by atoms with Gasteiger partial charge in [-0.1, -0.05) is 19.1 Å². The van der Waals surface area contributed by atoms with Crippen molar-refractivity contribution < 1.29 is 63.1 Å². The number of hydrogen-bond donors (Lipinski definition) is 4. The molecule has 2 heterocycles. The van der Waals surface area contributed by atoms with Crippen molar-refractivity contribution in [3.63, 3.8) is 0 Å². The number of rotatable bonds is 7. The highest BCUT2D eigenvalue weighted by Crippen LogP contribution is 2.53. The molecule has 0 spiro atoms. The van der Waals surface area contributed by atoms with Crippen molar-refractivity contribution >= 4 is 17.3 Å². The summed E-state index contributed by atoms with van der Waals surface area (Å²) < 4.78 is 27.5. The molecule has 0 bridgehead atoms. The van der Waals surface area contributed by atoms with E-state index in [1.807, 2.05) is 0 Å². The zero-order chi connectivity index (χ0) is 34.0. The highest BCUT2D eigenvalue weighted by atomic mass is 16.7. The van der Waals surface area contributed by atoms with Crippen LogP contribution in [-0.4, -0.2) is 113 Å². The van der Waals surface area contributed by atoms with Crippen molar-refractivity contribution in [2.24, 2.45) is 0 Å². The van der Waals surface area contributed by atoms with Crippen LogP contribution < -0.4 is 4.74 Å². The number of hydrogen-bond acceptors (Lipinski definition) is 13. The van der Waals surface area contributed by atoms with Crippen LogP contribution in [0, 0.1) is 5.21 Å². The number of phenolic OH excluding ortho intramolecular Hbond substituents is 2. The van der Waals surface area contributed by atoms with E-state index in [-0.39, 0.29) is 67.0 Å². The Morgan fingerprint density at radius 3 is 2.51 bits per heavy atom. The molecule has 8 atom stereocenters. The predicted molar refractivity (Wildman–Crippen MR) is 161 cm³/mol. The number of benzene rings is 2. The summed E-state index contributed by atoms with van der Waals surface area (Å²) >= 11 is 0. The van der Waals surface area contributed by atoms with Crippen LogP contribution in [0.25, 0.3) is 0 Å². The number of aliphatic hydroxyl groups excluding tert-OH is 1. The summed E-state index contributed by atoms with van der Waals surface area (Å²) in [4.78, 5) is 40.7. The third-order valence-electron chi connectivity index (χ3n) is 10.0. The van der Waals surface area contributed by atoms with Crippen molar-refractivity contribution in [3.05, 3.63) is 56.8 Å². The maximum Gasteiger partial charge on any atom is 0.207 e. The minimum atomic E-state index is -2.07. The van der Waals surface area contributed by atoms with Crippen LogP contribution in [0.2, 0.25) is 0 Å². The largest absolute Gasteiger partial charge is 0.632 e. The molecule has 4 aliphatic rings. The van der Waals surface area contributed by atoms with E-state index in [0.29, 0.717) is 0 Å². The normalized spacial score (nSPS) is 33.5. The van der Waals surface area contributed by atoms with Crippen molar-refractivity contribution in [1.82, 2.24) is 0 Å². The second-order valence-corrected chi connectivity index (χ2v) is 12.7. The Balaban J connectivity index is 1.44. The van der Waals surface area contributed by atoms with Crippen LogP contribution in [0.15, 0.2) is 18.2 Å². The molecule has 0 amide bonds. The molecule has 254 valence electrons. The Labute approximate surface area is 270 Å². The van der Waals surface area contributed by atoms with Crippen molar-refractivity contribution in [3.8, 4) is 17.2 Å². The van der Waals surface area contributed by atoms with Gasteiger partial charge in [-0.05, 0) is 13.0 Å². The number of ether oxygens (including phenoxy) is 5. The Kier molecular flexibility index (Phi) is 8.68. The zero-order valence-corrected chi connectivity index (χ0v) is 26.6. The third-order valence-corrected chi connectivity index (χ3v) is 10.0. The van der Waals surface area contributed by atoms with Gasteiger partial charge in [-0.2, -0.15) is 0 Å². The summed E-state index contributed by atoms with van der Waals surface area (Å²) in [6.07, 6.45) is -6.39.